The number of halogens is 3. The van der Waals surface area contributed by atoms with E-state index in [9.17, 15) is 18.0 Å². The molecule has 1 aromatic rings. The van der Waals surface area contributed by atoms with Gasteiger partial charge < -0.3 is 19.3 Å². The van der Waals surface area contributed by atoms with E-state index in [0.717, 1.165) is 22.8 Å². The Morgan fingerprint density at radius 1 is 1.06 bits per heavy atom. The number of aliphatic imine (C=N–C) groups is 1. The molecule has 0 aliphatic carbocycles. The fraction of sp³-hybridized carbons (Fsp3) is 0.667. The van der Waals surface area contributed by atoms with E-state index < -0.39 is 6.36 Å². The number of urea groups is 1. The molecule has 0 radical (unpaired) electrons. The Morgan fingerprint density at radius 2 is 1.71 bits per heavy atom. The lowest BCUT2D eigenvalue weighted by Gasteiger charge is -2.41. The molecule has 2 fully saturated rings. The van der Waals surface area contributed by atoms with E-state index in [4.69, 9.17) is 9.73 Å². The normalized spacial score (nSPS) is 26.4. The number of ether oxygens (including phenoxy) is 2. The highest BCUT2D eigenvalue weighted by molar-refractivity contribution is 8.14. The van der Waals surface area contributed by atoms with Gasteiger partial charge in [-0.15, -0.1) is 24.9 Å². The second-order valence-corrected chi connectivity index (χ2v) is 11.2. The summed E-state index contributed by atoms with van der Waals surface area (Å²) in [5.41, 5.74) is 0.968. The number of thioether (sulfide) groups is 1. The van der Waals surface area contributed by atoms with Crippen molar-refractivity contribution in [1.82, 2.24) is 9.80 Å². The van der Waals surface area contributed by atoms with E-state index in [1.54, 1.807) is 23.9 Å². The Kier molecular flexibility index (Phi) is 7.38. The highest BCUT2D eigenvalue weighted by atomic mass is 32.2. The van der Waals surface area contributed by atoms with Gasteiger partial charge in [-0.05, 0) is 29.5 Å². The molecule has 3 unspecified atom stereocenters. The summed E-state index contributed by atoms with van der Waals surface area (Å²) in [6, 6.07) is 6.26. The molecule has 2 amide bonds. The lowest BCUT2D eigenvalue weighted by atomic mass is 9.84. The summed E-state index contributed by atoms with van der Waals surface area (Å²) in [5.74, 6) is 0.794. The Morgan fingerprint density at radius 3 is 2.29 bits per heavy atom. The molecule has 10 heteroatoms. The molecule has 0 N–H and O–H groups in total. The maximum absolute atomic E-state index is 13.3. The number of piperidine rings is 1. The van der Waals surface area contributed by atoms with Gasteiger partial charge in [-0.3, -0.25) is 4.99 Å². The minimum Gasteiger partial charge on any atom is -0.406 e. The number of carbonyl (C=O) groups excluding carboxylic acids is 1. The quantitative estimate of drug-likeness (QED) is 0.587. The van der Waals surface area contributed by atoms with Crippen LogP contribution in [0.3, 0.4) is 0 Å². The third-order valence-corrected chi connectivity index (χ3v) is 7.83. The minimum absolute atomic E-state index is 0.000615. The zero-order valence-corrected chi connectivity index (χ0v) is 20.6. The van der Waals surface area contributed by atoms with Crippen molar-refractivity contribution >= 4 is 22.8 Å². The smallest absolute Gasteiger partial charge is 0.406 e. The molecule has 0 bridgehead atoms. The number of morpholine rings is 1. The largest absolute Gasteiger partial charge is 0.573 e. The standard InChI is InChI=1S/C24H32F3N3O3S/c1-23(2,3)20-15-34-21(28-20)18-12-17(16-4-6-19(7-5-16)33-24(25,26)27)13-30(14-18)22(31)29-8-10-32-11-9-29/h4-7,17-18,20H,8-15H2,1-3H3. The van der Waals surface area contributed by atoms with Crippen molar-refractivity contribution in [2.75, 3.05) is 45.1 Å². The maximum atomic E-state index is 13.3. The van der Waals surface area contributed by atoms with E-state index in [1.165, 1.54) is 12.1 Å². The molecule has 34 heavy (non-hydrogen) atoms. The summed E-state index contributed by atoms with van der Waals surface area (Å²) in [6.45, 7) is 9.88. The van der Waals surface area contributed by atoms with Crippen LogP contribution >= 0.6 is 11.8 Å². The molecule has 1 aromatic carbocycles. The van der Waals surface area contributed by atoms with Gasteiger partial charge >= 0.3 is 12.4 Å². The Bertz CT molecular complexity index is 895. The number of hydrogen-bond acceptors (Lipinski definition) is 5. The molecule has 3 heterocycles. The molecule has 2 saturated heterocycles. The van der Waals surface area contributed by atoms with Gasteiger partial charge in [0.2, 0.25) is 0 Å². The first kappa shape index (κ1) is 25.2. The molecule has 0 saturated carbocycles. The lowest BCUT2D eigenvalue weighted by Crippen LogP contribution is -2.53. The fourth-order valence-electron chi connectivity index (χ4n) is 4.63. The monoisotopic (exact) mass is 499 g/mol. The van der Waals surface area contributed by atoms with E-state index in [-0.39, 0.29) is 35.1 Å². The second-order valence-electron chi connectivity index (χ2n) is 10.2. The average molecular weight is 500 g/mol. The molecule has 4 rings (SSSR count). The van der Waals surface area contributed by atoms with Crippen LogP contribution in [0.15, 0.2) is 29.3 Å². The molecule has 0 spiro atoms. The van der Waals surface area contributed by atoms with Crippen LogP contribution in [-0.2, 0) is 4.74 Å². The van der Waals surface area contributed by atoms with Crippen molar-refractivity contribution < 1.29 is 27.4 Å². The van der Waals surface area contributed by atoms with Crippen molar-refractivity contribution in [1.29, 1.82) is 0 Å². The first-order valence-electron chi connectivity index (χ1n) is 11.7. The van der Waals surface area contributed by atoms with Crippen molar-refractivity contribution in [3.8, 4) is 5.75 Å². The van der Waals surface area contributed by atoms with Crippen LogP contribution in [0.4, 0.5) is 18.0 Å². The Balaban J connectivity index is 1.55. The summed E-state index contributed by atoms with van der Waals surface area (Å²) in [5, 5.41) is 1.08. The molecular weight excluding hydrogens is 467 g/mol. The molecule has 6 nitrogen and oxygen atoms in total. The summed E-state index contributed by atoms with van der Waals surface area (Å²) in [6.07, 6.45) is -3.92. The van der Waals surface area contributed by atoms with Crippen LogP contribution in [0, 0.1) is 11.3 Å². The van der Waals surface area contributed by atoms with E-state index in [1.807, 2.05) is 9.80 Å². The third-order valence-electron chi connectivity index (χ3n) is 6.61. The third kappa shape index (κ3) is 6.19. The number of benzene rings is 1. The number of alkyl halides is 3. The maximum Gasteiger partial charge on any atom is 0.573 e. The van der Waals surface area contributed by atoms with Crippen molar-refractivity contribution in [2.24, 2.45) is 16.3 Å². The van der Waals surface area contributed by atoms with Crippen LogP contribution in [0.1, 0.15) is 38.7 Å². The van der Waals surface area contributed by atoms with Gasteiger partial charge in [-0.1, -0.05) is 32.9 Å². The second kappa shape index (κ2) is 9.97. The van der Waals surface area contributed by atoms with Crippen molar-refractivity contribution in [2.45, 2.75) is 45.5 Å². The predicted octanol–water partition coefficient (Wildman–Crippen LogP) is 5.00. The Hall–Kier alpha value is -1.94. The van der Waals surface area contributed by atoms with Gasteiger partial charge in [0, 0.05) is 43.8 Å². The average Bonchev–Trinajstić information content (AvgIpc) is 3.29. The Labute approximate surface area is 202 Å². The fourth-order valence-corrected chi connectivity index (χ4v) is 6.14. The zero-order chi connectivity index (χ0) is 24.5. The van der Waals surface area contributed by atoms with Gasteiger partial charge in [-0.2, -0.15) is 0 Å². The van der Waals surface area contributed by atoms with Crippen LogP contribution < -0.4 is 4.74 Å². The molecule has 3 aliphatic rings. The van der Waals surface area contributed by atoms with E-state index >= 15 is 0 Å². The lowest BCUT2D eigenvalue weighted by molar-refractivity contribution is -0.274. The van der Waals surface area contributed by atoms with Crippen molar-refractivity contribution in [3.63, 3.8) is 0 Å². The van der Waals surface area contributed by atoms with Gasteiger partial charge in [0.1, 0.15) is 5.75 Å². The highest BCUT2D eigenvalue weighted by Gasteiger charge is 2.39. The summed E-state index contributed by atoms with van der Waals surface area (Å²) >= 11 is 1.77. The number of likely N-dealkylation sites (tertiary alicyclic amines) is 1. The van der Waals surface area contributed by atoms with Gasteiger partial charge in [0.25, 0.3) is 0 Å². The van der Waals surface area contributed by atoms with Crippen LogP contribution in [0.5, 0.6) is 5.75 Å². The number of rotatable bonds is 3. The zero-order valence-electron chi connectivity index (χ0n) is 19.8. The summed E-state index contributed by atoms with van der Waals surface area (Å²) in [7, 11) is 0. The van der Waals surface area contributed by atoms with E-state index in [0.29, 0.717) is 39.4 Å². The van der Waals surface area contributed by atoms with Gasteiger partial charge in [0.15, 0.2) is 0 Å². The number of hydrogen-bond donors (Lipinski definition) is 0. The van der Waals surface area contributed by atoms with Gasteiger partial charge in [0.05, 0.1) is 24.3 Å². The topological polar surface area (TPSA) is 54.4 Å². The van der Waals surface area contributed by atoms with Crippen LogP contribution in [0.2, 0.25) is 0 Å². The highest BCUT2D eigenvalue weighted by Crippen LogP contribution is 2.39. The minimum atomic E-state index is -4.72. The van der Waals surface area contributed by atoms with Crippen molar-refractivity contribution in [3.05, 3.63) is 29.8 Å². The SMILES string of the molecule is CC(C)(C)C1CSC(C2CC(c3ccc(OC(F)(F)F)cc3)CN(C(=O)N3CCOCC3)C2)=N1. The number of carbonyl (C=O) groups is 1. The first-order chi connectivity index (χ1) is 16.0. The summed E-state index contributed by atoms with van der Waals surface area (Å²) in [4.78, 5) is 22.1. The predicted molar refractivity (Wildman–Crippen MR) is 126 cm³/mol. The molecule has 0 aromatic heterocycles. The van der Waals surface area contributed by atoms with Crippen LogP contribution in [0.25, 0.3) is 0 Å². The first-order valence-corrected chi connectivity index (χ1v) is 12.7. The molecular formula is C24H32F3N3O3S. The number of nitrogens with zero attached hydrogens (tertiary/aromatic N) is 3. The van der Waals surface area contributed by atoms with Gasteiger partial charge in [-0.25, -0.2) is 4.79 Å². The molecule has 3 atom stereocenters. The molecule has 3 aliphatic heterocycles. The number of amides is 2. The van der Waals surface area contributed by atoms with E-state index in [2.05, 4.69) is 25.5 Å². The van der Waals surface area contributed by atoms with Crippen LogP contribution in [-0.4, -0.2) is 78.4 Å². The summed E-state index contributed by atoms with van der Waals surface area (Å²) < 4.78 is 47.1. The molecule has 188 valence electrons.